The minimum absolute atomic E-state index is 0. The van der Waals surface area contributed by atoms with E-state index < -0.39 is 11.2 Å². The minimum Gasteiger partial charge on any atom is -0.394 e. The van der Waals surface area contributed by atoms with Crippen LogP contribution in [-0.4, -0.2) is 39.7 Å². The number of aliphatic hydroxyl groups excluding tert-OH is 3. The van der Waals surface area contributed by atoms with Gasteiger partial charge < -0.3 is 30.6 Å². The largest absolute Gasteiger partial charge is 1.00 e. The van der Waals surface area contributed by atoms with Crippen LogP contribution in [0.2, 0.25) is 0 Å². The van der Waals surface area contributed by atoms with Crippen molar-refractivity contribution in [2.75, 3.05) is 13.2 Å². The van der Waals surface area contributed by atoms with Gasteiger partial charge in [-0.1, -0.05) is 0 Å². The Morgan fingerprint density at radius 3 is 1.45 bits per heavy atom. The minimum atomic E-state index is -1.75. The van der Waals surface area contributed by atoms with Gasteiger partial charge >= 0.3 is 22.4 Å². The van der Waals surface area contributed by atoms with Crippen LogP contribution in [0.25, 0.3) is 0 Å². The van der Waals surface area contributed by atoms with Gasteiger partial charge in [-0.05, 0) is 0 Å². The predicted octanol–water partition coefficient (Wildman–Crippen LogP) is -1.91. The van der Waals surface area contributed by atoms with Crippen LogP contribution in [-0.2, 0) is 22.4 Å². The molecule has 11 heavy (non-hydrogen) atoms. The van der Waals surface area contributed by atoms with Crippen molar-refractivity contribution in [3.05, 3.63) is 15.3 Å². The van der Waals surface area contributed by atoms with Crippen molar-refractivity contribution in [1.29, 1.82) is 0 Å². The standard InChI is InChI=1S/C3H8O3.Ag.NO3/c4-1-3(6)2-5;;2-1(3)4/h3-6H,1-2H2;;/q;+1;-1. The van der Waals surface area contributed by atoms with E-state index in [9.17, 15) is 0 Å². The molecule has 0 amide bonds. The van der Waals surface area contributed by atoms with Gasteiger partial charge in [0.15, 0.2) is 0 Å². The maximum absolute atomic E-state index is 8.25. The number of aliphatic hydroxyl groups is 3. The monoisotopic (exact) mass is 261 g/mol. The second kappa shape index (κ2) is 12.5. The molecule has 0 aliphatic rings. The molecule has 0 aliphatic carbocycles. The Bertz CT molecular complexity index is 81.9. The molecule has 7 nitrogen and oxygen atoms in total. The number of hydrogen-bond donors (Lipinski definition) is 3. The van der Waals surface area contributed by atoms with Gasteiger partial charge in [0.25, 0.3) is 0 Å². The third-order valence-corrected chi connectivity index (χ3v) is 0.421. The summed E-state index contributed by atoms with van der Waals surface area (Å²) in [6.07, 6.45) is -0.954. The van der Waals surface area contributed by atoms with Crippen LogP contribution in [0.1, 0.15) is 0 Å². The molecule has 0 fully saturated rings. The summed E-state index contributed by atoms with van der Waals surface area (Å²) in [4.78, 5) is 8.25. The Balaban J connectivity index is -0.000000114. The average Bonchev–Trinajstić information content (AvgIpc) is 1.85. The number of nitrogens with zero attached hydrogens (tertiary/aromatic N) is 1. The Kier molecular flexibility index (Phi) is 19.4. The third-order valence-electron chi connectivity index (χ3n) is 0.421. The molecule has 0 radical (unpaired) electrons. The molecule has 0 aliphatic heterocycles. The third kappa shape index (κ3) is 41.2. The van der Waals surface area contributed by atoms with E-state index in [4.69, 9.17) is 30.6 Å². The fourth-order valence-corrected chi connectivity index (χ4v) is 0.0577. The Morgan fingerprint density at radius 1 is 1.27 bits per heavy atom. The van der Waals surface area contributed by atoms with E-state index in [0.717, 1.165) is 0 Å². The van der Waals surface area contributed by atoms with Crippen molar-refractivity contribution in [2.45, 2.75) is 6.10 Å². The molecular weight excluding hydrogens is 254 g/mol. The molecule has 0 aromatic rings. The fraction of sp³-hybridized carbons (Fsp3) is 1.00. The first kappa shape index (κ1) is 17.1. The molecule has 0 bridgehead atoms. The molecule has 3 N–H and O–H groups in total. The second-order valence-electron chi connectivity index (χ2n) is 1.24. The summed E-state index contributed by atoms with van der Waals surface area (Å²) in [6.45, 7) is -0.729. The molecular formula is C3H8AgNO6. The topological polar surface area (TPSA) is 127 Å². The summed E-state index contributed by atoms with van der Waals surface area (Å²) in [5.74, 6) is 0. The number of hydrogen-bond acceptors (Lipinski definition) is 6. The maximum atomic E-state index is 8.25. The zero-order chi connectivity index (χ0) is 8.57. The molecule has 0 heterocycles. The van der Waals surface area contributed by atoms with Crippen molar-refractivity contribution < 1.29 is 42.8 Å². The normalized spacial score (nSPS) is 7.64. The molecule has 0 rings (SSSR count). The molecule has 0 spiro atoms. The van der Waals surface area contributed by atoms with Gasteiger partial charge in [-0.25, -0.2) is 0 Å². The van der Waals surface area contributed by atoms with Crippen molar-refractivity contribution >= 4 is 0 Å². The number of rotatable bonds is 2. The van der Waals surface area contributed by atoms with E-state index in [1.807, 2.05) is 0 Å². The van der Waals surface area contributed by atoms with E-state index in [1.165, 1.54) is 0 Å². The summed E-state index contributed by atoms with van der Waals surface area (Å²) in [5, 5.41) is 38.8. The zero-order valence-electron chi connectivity index (χ0n) is 5.31. The van der Waals surface area contributed by atoms with Crippen molar-refractivity contribution in [1.82, 2.24) is 0 Å². The van der Waals surface area contributed by atoms with Gasteiger partial charge in [0.1, 0.15) is 6.10 Å². The average molecular weight is 262 g/mol. The summed E-state index contributed by atoms with van der Waals surface area (Å²) >= 11 is 0. The van der Waals surface area contributed by atoms with Crippen LogP contribution >= 0.6 is 0 Å². The van der Waals surface area contributed by atoms with E-state index >= 15 is 0 Å². The van der Waals surface area contributed by atoms with Crippen molar-refractivity contribution in [2.24, 2.45) is 0 Å². The van der Waals surface area contributed by atoms with Gasteiger partial charge in [0, 0.05) is 0 Å². The van der Waals surface area contributed by atoms with E-state index in [2.05, 4.69) is 0 Å². The molecule has 0 aromatic carbocycles. The van der Waals surface area contributed by atoms with E-state index in [0.29, 0.717) is 0 Å². The molecule has 0 saturated heterocycles. The van der Waals surface area contributed by atoms with Gasteiger partial charge in [-0.2, -0.15) is 0 Å². The van der Waals surface area contributed by atoms with Crippen molar-refractivity contribution in [3.63, 3.8) is 0 Å². The Hall–Kier alpha value is -0.180. The quantitative estimate of drug-likeness (QED) is 0.302. The second-order valence-corrected chi connectivity index (χ2v) is 1.24. The first-order valence-corrected chi connectivity index (χ1v) is 2.25. The summed E-state index contributed by atoms with van der Waals surface area (Å²) in [7, 11) is 0. The van der Waals surface area contributed by atoms with Gasteiger partial charge in [0.05, 0.1) is 18.3 Å². The molecule has 0 saturated carbocycles. The smallest absolute Gasteiger partial charge is 0.394 e. The van der Waals surface area contributed by atoms with Crippen LogP contribution in [0.3, 0.4) is 0 Å². The first-order chi connectivity index (χ1) is 4.54. The summed E-state index contributed by atoms with van der Waals surface area (Å²) in [5.41, 5.74) is 0. The molecule has 0 atom stereocenters. The first-order valence-electron chi connectivity index (χ1n) is 2.25. The zero-order valence-corrected chi connectivity index (χ0v) is 6.79. The van der Waals surface area contributed by atoms with Gasteiger partial charge in [0.2, 0.25) is 0 Å². The Labute approximate surface area is 77.9 Å². The van der Waals surface area contributed by atoms with Gasteiger partial charge in [-0.15, -0.1) is 0 Å². The van der Waals surface area contributed by atoms with Crippen LogP contribution in [0.4, 0.5) is 0 Å². The van der Waals surface area contributed by atoms with Crippen LogP contribution in [0.15, 0.2) is 0 Å². The summed E-state index contributed by atoms with van der Waals surface area (Å²) < 4.78 is 0. The van der Waals surface area contributed by atoms with Crippen LogP contribution < -0.4 is 0 Å². The molecule has 8 heteroatoms. The maximum Gasteiger partial charge on any atom is 1.00 e. The Morgan fingerprint density at radius 2 is 1.45 bits per heavy atom. The van der Waals surface area contributed by atoms with E-state index in [-0.39, 0.29) is 35.6 Å². The predicted molar refractivity (Wildman–Crippen MR) is 30.5 cm³/mol. The summed E-state index contributed by atoms with van der Waals surface area (Å²) in [6, 6.07) is 0. The van der Waals surface area contributed by atoms with E-state index in [1.54, 1.807) is 0 Å². The SMILES string of the molecule is O=[N+]([O-])[O-].OCC(O)CO.[Ag+]. The van der Waals surface area contributed by atoms with Gasteiger partial charge in [-0.3, -0.25) is 0 Å². The van der Waals surface area contributed by atoms with Crippen LogP contribution in [0, 0.1) is 15.3 Å². The molecule has 72 valence electrons. The molecule has 0 aromatic heterocycles. The van der Waals surface area contributed by atoms with Crippen molar-refractivity contribution in [3.8, 4) is 0 Å². The fourth-order valence-electron chi connectivity index (χ4n) is 0.0577. The van der Waals surface area contributed by atoms with Crippen LogP contribution in [0.5, 0.6) is 0 Å². The molecule has 0 unspecified atom stereocenters.